The van der Waals surface area contributed by atoms with Crippen LogP contribution in [0.2, 0.25) is 0 Å². The van der Waals surface area contributed by atoms with Crippen molar-refractivity contribution in [2.45, 2.75) is 17.8 Å². The molecule has 0 heterocycles. The average Bonchev–Trinajstić information content (AvgIpc) is 2.92. The minimum Gasteiger partial charge on any atom is -0.504 e. The van der Waals surface area contributed by atoms with Gasteiger partial charge in [-0.1, -0.05) is 79.4 Å². The van der Waals surface area contributed by atoms with Gasteiger partial charge in [0.25, 0.3) is 0 Å². The Morgan fingerprint density at radius 3 is 2.36 bits per heavy atom. The van der Waals surface area contributed by atoms with E-state index in [9.17, 15) is 14.7 Å². The molecule has 3 aromatic carbocycles. The molecular weight excluding hydrogens is 563 g/mol. The van der Waals surface area contributed by atoms with Crippen molar-refractivity contribution in [3.8, 4) is 11.5 Å². The molecule has 0 saturated carbocycles. The number of allylic oxidation sites excluding steroid dienone is 5. The van der Waals surface area contributed by atoms with E-state index in [0.717, 1.165) is 22.3 Å². The molecule has 0 aromatic heterocycles. The van der Waals surface area contributed by atoms with Crippen molar-refractivity contribution >= 4 is 39.7 Å². The Hall–Kier alpha value is -3.45. The van der Waals surface area contributed by atoms with Crippen molar-refractivity contribution in [2.24, 2.45) is 5.92 Å². The van der Waals surface area contributed by atoms with Crippen molar-refractivity contribution in [1.29, 1.82) is 0 Å². The molecule has 0 unspecified atom stereocenters. The van der Waals surface area contributed by atoms with Crippen LogP contribution in [0.25, 0.3) is 5.57 Å². The Labute approximate surface area is 224 Å². The van der Waals surface area contributed by atoms with Crippen molar-refractivity contribution in [3.05, 3.63) is 123 Å². The van der Waals surface area contributed by atoms with Gasteiger partial charge in [0.05, 0.1) is 16.1 Å². The maximum atomic E-state index is 14.5. The summed E-state index contributed by atoms with van der Waals surface area (Å²) in [5.41, 5.74) is 2.47. The van der Waals surface area contributed by atoms with Gasteiger partial charge in [0.15, 0.2) is 23.1 Å². The van der Waals surface area contributed by atoms with Crippen LogP contribution in [0.1, 0.15) is 29.0 Å². The van der Waals surface area contributed by atoms with Crippen LogP contribution in [0.3, 0.4) is 0 Å². The van der Waals surface area contributed by atoms with Gasteiger partial charge in [-0.15, -0.1) is 0 Å². The number of fused-ring (bicyclic) bond motifs is 1. The van der Waals surface area contributed by atoms with E-state index in [4.69, 9.17) is 4.74 Å². The summed E-state index contributed by atoms with van der Waals surface area (Å²) in [6.07, 6.45) is 5.75. The third-order valence-corrected chi connectivity index (χ3v) is 8.19. The molecule has 5 rings (SSSR count). The number of rotatable bonds is 5. The second kappa shape index (κ2) is 9.54. The fourth-order valence-corrected chi connectivity index (χ4v) is 6.42. The Kier molecular flexibility index (Phi) is 6.43. The van der Waals surface area contributed by atoms with E-state index in [2.05, 4.69) is 29.2 Å². The van der Waals surface area contributed by atoms with E-state index in [1.165, 1.54) is 13.2 Å². The van der Waals surface area contributed by atoms with Crippen LogP contribution in [0.4, 0.5) is 0 Å². The standard InChI is InChI=1S/C31H25IO4/c1-3-19-14-15-24-29(34)23(20-10-6-4-7-11-20)18-27(33)31(24,22-12-8-5-9-13-22)28(19)21-16-25(32)30(35)26(17-21)36-2/h3-14,16-18,24,28,35H,1,15H2,2H3/t24-,28+,31-/m0/s1. The van der Waals surface area contributed by atoms with E-state index < -0.39 is 17.3 Å². The predicted molar refractivity (Wildman–Crippen MR) is 149 cm³/mol. The van der Waals surface area contributed by atoms with E-state index in [1.807, 2.05) is 72.8 Å². The number of hydrogen-bond donors (Lipinski definition) is 1. The predicted octanol–water partition coefficient (Wildman–Crippen LogP) is 6.39. The van der Waals surface area contributed by atoms with Gasteiger partial charge in [-0.05, 0) is 69.5 Å². The van der Waals surface area contributed by atoms with Crippen LogP contribution < -0.4 is 4.74 Å². The molecule has 1 N–H and O–H groups in total. The van der Waals surface area contributed by atoms with Gasteiger partial charge in [-0.25, -0.2) is 0 Å². The van der Waals surface area contributed by atoms with Gasteiger partial charge in [0, 0.05) is 17.4 Å². The topological polar surface area (TPSA) is 63.6 Å². The van der Waals surface area contributed by atoms with Gasteiger partial charge >= 0.3 is 0 Å². The molecule has 180 valence electrons. The lowest BCUT2D eigenvalue weighted by atomic mass is 9.50. The summed E-state index contributed by atoms with van der Waals surface area (Å²) in [5.74, 6) is -0.890. The molecule has 0 amide bonds. The number of ketones is 2. The van der Waals surface area contributed by atoms with Crippen LogP contribution in [-0.4, -0.2) is 23.8 Å². The zero-order chi connectivity index (χ0) is 25.4. The zero-order valence-corrected chi connectivity index (χ0v) is 21.9. The van der Waals surface area contributed by atoms with Gasteiger partial charge in [0.1, 0.15) is 0 Å². The minimum atomic E-state index is -1.17. The van der Waals surface area contributed by atoms with Gasteiger partial charge in [-0.3, -0.25) is 9.59 Å². The number of ether oxygens (including phenoxy) is 1. The van der Waals surface area contributed by atoms with E-state index >= 15 is 0 Å². The molecule has 3 atom stereocenters. The number of hydrogen-bond acceptors (Lipinski definition) is 4. The molecule has 4 nitrogen and oxygen atoms in total. The first kappa shape index (κ1) is 24.3. The summed E-state index contributed by atoms with van der Waals surface area (Å²) in [6, 6.07) is 22.6. The Morgan fingerprint density at radius 1 is 1.06 bits per heavy atom. The quantitative estimate of drug-likeness (QED) is 0.351. The second-order valence-corrected chi connectivity index (χ2v) is 10.2. The number of halogens is 1. The van der Waals surface area contributed by atoms with Crippen LogP contribution in [0.15, 0.2) is 103 Å². The molecule has 2 aliphatic carbocycles. The molecule has 2 aliphatic rings. The fraction of sp³-hybridized carbons (Fsp3) is 0.161. The first-order chi connectivity index (χ1) is 17.4. The fourth-order valence-electron chi connectivity index (χ4n) is 5.80. The molecule has 0 saturated heterocycles. The van der Waals surface area contributed by atoms with Crippen molar-refractivity contribution in [1.82, 2.24) is 0 Å². The van der Waals surface area contributed by atoms with Crippen LogP contribution in [-0.2, 0) is 15.0 Å². The monoisotopic (exact) mass is 588 g/mol. The summed E-state index contributed by atoms with van der Waals surface area (Å²) in [4.78, 5) is 28.6. The lowest BCUT2D eigenvalue weighted by Crippen LogP contribution is -2.54. The Morgan fingerprint density at radius 2 is 1.72 bits per heavy atom. The number of aromatic hydroxyl groups is 1. The highest BCUT2D eigenvalue weighted by Crippen LogP contribution is 2.57. The largest absolute Gasteiger partial charge is 0.504 e. The third kappa shape index (κ3) is 3.64. The van der Waals surface area contributed by atoms with E-state index in [0.29, 0.717) is 21.3 Å². The highest BCUT2D eigenvalue weighted by atomic mass is 127. The van der Waals surface area contributed by atoms with Crippen molar-refractivity contribution in [3.63, 3.8) is 0 Å². The average molecular weight is 588 g/mol. The Balaban J connectivity index is 1.83. The summed E-state index contributed by atoms with van der Waals surface area (Å²) in [7, 11) is 1.50. The molecule has 5 heteroatoms. The summed E-state index contributed by atoms with van der Waals surface area (Å²) in [5, 5.41) is 10.5. The normalized spacial score (nSPS) is 23.4. The number of methoxy groups -OCH3 is 1. The van der Waals surface area contributed by atoms with Gasteiger partial charge in [-0.2, -0.15) is 0 Å². The molecule has 0 fully saturated rings. The molecule has 36 heavy (non-hydrogen) atoms. The summed E-state index contributed by atoms with van der Waals surface area (Å²) in [6.45, 7) is 4.05. The maximum absolute atomic E-state index is 14.5. The van der Waals surface area contributed by atoms with Gasteiger partial charge < -0.3 is 9.84 Å². The van der Waals surface area contributed by atoms with E-state index in [-0.39, 0.29) is 17.3 Å². The Bertz CT molecular complexity index is 1420. The highest BCUT2D eigenvalue weighted by Gasteiger charge is 2.59. The van der Waals surface area contributed by atoms with Crippen LogP contribution in [0, 0.1) is 9.49 Å². The summed E-state index contributed by atoms with van der Waals surface area (Å²) >= 11 is 2.06. The lowest BCUT2D eigenvalue weighted by molar-refractivity contribution is -0.131. The number of benzene rings is 3. The summed E-state index contributed by atoms with van der Waals surface area (Å²) < 4.78 is 6.06. The maximum Gasteiger partial charge on any atom is 0.171 e. The van der Waals surface area contributed by atoms with E-state index in [1.54, 1.807) is 12.1 Å². The lowest BCUT2D eigenvalue weighted by Gasteiger charge is -2.49. The molecule has 0 aliphatic heterocycles. The molecular formula is C31H25IO4. The first-order valence-corrected chi connectivity index (χ1v) is 12.8. The SMILES string of the molecule is C=CC1=CC[C@H]2C(=O)C(c3ccccc3)=CC(=O)[C@@]2(c2ccccc2)[C@H]1c1cc(I)c(O)c(OC)c1. The van der Waals surface area contributed by atoms with Crippen molar-refractivity contribution < 1.29 is 19.4 Å². The third-order valence-electron chi connectivity index (χ3n) is 7.37. The number of Topliss-reactive ketones (excluding diaryl/α,β-unsaturated/α-hetero) is 1. The zero-order valence-electron chi connectivity index (χ0n) is 19.8. The molecule has 0 bridgehead atoms. The van der Waals surface area contributed by atoms with Crippen LogP contribution >= 0.6 is 22.6 Å². The second-order valence-electron chi connectivity index (χ2n) is 9.07. The number of carbonyl (C=O) groups is 2. The van der Waals surface area contributed by atoms with Crippen LogP contribution in [0.5, 0.6) is 11.5 Å². The van der Waals surface area contributed by atoms with Gasteiger partial charge in [0.2, 0.25) is 0 Å². The minimum absolute atomic E-state index is 0.0457. The highest BCUT2D eigenvalue weighted by molar-refractivity contribution is 14.1. The number of carbonyl (C=O) groups excluding carboxylic acids is 2. The smallest absolute Gasteiger partial charge is 0.171 e. The molecule has 3 aromatic rings. The van der Waals surface area contributed by atoms with Crippen molar-refractivity contribution in [2.75, 3.05) is 7.11 Å². The first-order valence-electron chi connectivity index (χ1n) is 11.7. The number of phenolic OH excluding ortho intramolecular Hbond substituents is 1. The number of phenols is 1. The molecule has 0 radical (unpaired) electrons. The molecule has 0 spiro atoms.